The van der Waals surface area contributed by atoms with Crippen molar-refractivity contribution in [1.29, 1.82) is 0 Å². The summed E-state index contributed by atoms with van der Waals surface area (Å²) in [5.74, 6) is 0.864. The Labute approximate surface area is 210 Å². The average Bonchev–Trinajstić information content (AvgIpc) is 3.48. The maximum Gasteiger partial charge on any atom is 0.166 e. The van der Waals surface area contributed by atoms with Crippen LogP contribution in [0.1, 0.15) is 0 Å². The summed E-state index contributed by atoms with van der Waals surface area (Å²) < 4.78 is 3.53. The monoisotopic (exact) mass is 477 g/mol. The minimum Gasteiger partial charge on any atom is -0.291 e. The molecule has 0 bridgehead atoms. The molecule has 0 unspecified atom stereocenters. The number of thiophene rings is 1. The van der Waals surface area contributed by atoms with Crippen molar-refractivity contribution in [2.75, 3.05) is 0 Å². The van der Waals surface area contributed by atoms with Crippen molar-refractivity contribution < 1.29 is 0 Å². The van der Waals surface area contributed by atoms with Crippen LogP contribution in [0.5, 0.6) is 0 Å². The number of hydrogen-bond donors (Lipinski definition) is 0. The van der Waals surface area contributed by atoms with Crippen LogP contribution in [0.4, 0.5) is 0 Å². The highest BCUT2D eigenvalue weighted by molar-refractivity contribution is 7.25. The van der Waals surface area contributed by atoms with Crippen molar-refractivity contribution in [2.45, 2.75) is 0 Å². The Bertz CT molecular complexity index is 2100. The molecule has 36 heavy (non-hydrogen) atoms. The van der Waals surface area contributed by atoms with Crippen LogP contribution >= 0.6 is 11.3 Å². The first-order valence-electron chi connectivity index (χ1n) is 12.0. The Balaban J connectivity index is 1.61. The molecular formula is C32H19N3S. The molecule has 168 valence electrons. The Morgan fingerprint density at radius 1 is 0.556 bits per heavy atom. The van der Waals surface area contributed by atoms with E-state index in [0.29, 0.717) is 0 Å². The number of rotatable bonds is 2. The quantitative estimate of drug-likeness (QED) is 0.249. The van der Waals surface area contributed by atoms with Gasteiger partial charge in [-0.1, -0.05) is 103 Å². The molecule has 0 saturated heterocycles. The molecular weight excluding hydrogens is 458 g/mol. The maximum atomic E-state index is 5.36. The van der Waals surface area contributed by atoms with E-state index in [1.54, 1.807) is 11.3 Å². The molecule has 4 heteroatoms. The molecule has 5 aromatic carbocycles. The van der Waals surface area contributed by atoms with Crippen LogP contribution in [0.15, 0.2) is 115 Å². The van der Waals surface area contributed by atoms with Gasteiger partial charge in [0.15, 0.2) is 5.82 Å². The molecule has 0 amide bonds. The molecule has 3 aromatic heterocycles. The Kier molecular flexibility index (Phi) is 4.10. The molecule has 3 nitrogen and oxygen atoms in total. The molecule has 8 rings (SSSR count). The van der Waals surface area contributed by atoms with E-state index in [-0.39, 0.29) is 0 Å². The van der Waals surface area contributed by atoms with Gasteiger partial charge in [0, 0.05) is 31.8 Å². The summed E-state index contributed by atoms with van der Waals surface area (Å²) in [7, 11) is 0. The molecule has 0 fully saturated rings. The Hall–Kier alpha value is -4.54. The topological polar surface area (TPSA) is 30.7 Å². The smallest absolute Gasteiger partial charge is 0.166 e. The molecule has 0 aliphatic carbocycles. The van der Waals surface area contributed by atoms with Gasteiger partial charge < -0.3 is 0 Å². The van der Waals surface area contributed by atoms with Crippen molar-refractivity contribution in [2.24, 2.45) is 0 Å². The third-order valence-corrected chi connectivity index (χ3v) is 8.07. The minimum atomic E-state index is 0.864. The Morgan fingerprint density at radius 3 is 2.17 bits per heavy atom. The van der Waals surface area contributed by atoms with Crippen LogP contribution in [-0.2, 0) is 0 Å². The summed E-state index contributed by atoms with van der Waals surface area (Å²) in [6, 6.07) is 40.5. The summed E-state index contributed by atoms with van der Waals surface area (Å²) in [4.78, 5) is 11.6. The van der Waals surface area contributed by atoms with E-state index in [4.69, 9.17) is 9.97 Å². The lowest BCUT2D eigenvalue weighted by atomic mass is 10.1. The third-order valence-electron chi connectivity index (χ3n) is 7.01. The first-order chi connectivity index (χ1) is 17.9. The largest absolute Gasteiger partial charge is 0.291 e. The SMILES string of the molecule is c1ccc(-c2nc3c(nc2-n2c4ccccc4c4ccc5ccccc5c42)sc2ccccc23)cc1. The van der Waals surface area contributed by atoms with Crippen LogP contribution in [-0.4, -0.2) is 14.5 Å². The molecule has 0 saturated carbocycles. The standard InChI is InChI=1S/C32H19N3S/c1-2-11-21(12-3-1)28-31(34-32-29(33-28)25-15-7-9-17-27(25)36-32)35-26-16-8-6-14-23(26)24-19-18-20-10-4-5-13-22(20)30(24)35/h1-19H. The van der Waals surface area contributed by atoms with Gasteiger partial charge in [-0.2, -0.15) is 0 Å². The molecule has 0 atom stereocenters. The van der Waals surface area contributed by atoms with E-state index < -0.39 is 0 Å². The van der Waals surface area contributed by atoms with Gasteiger partial charge in [0.1, 0.15) is 16.0 Å². The fourth-order valence-electron chi connectivity index (χ4n) is 5.41. The first kappa shape index (κ1) is 19.7. The molecule has 3 heterocycles. The highest BCUT2D eigenvalue weighted by Gasteiger charge is 2.21. The van der Waals surface area contributed by atoms with Gasteiger partial charge in [0.05, 0.1) is 11.0 Å². The molecule has 0 radical (unpaired) electrons. The molecule has 0 aliphatic heterocycles. The second-order valence-corrected chi connectivity index (χ2v) is 10.1. The van der Waals surface area contributed by atoms with E-state index in [2.05, 4.69) is 114 Å². The van der Waals surface area contributed by atoms with Crippen LogP contribution in [0.3, 0.4) is 0 Å². The number of nitrogens with zero attached hydrogens (tertiary/aromatic N) is 3. The first-order valence-corrected chi connectivity index (χ1v) is 12.8. The normalized spacial score (nSPS) is 11.9. The van der Waals surface area contributed by atoms with Crippen LogP contribution in [0.2, 0.25) is 0 Å². The van der Waals surface area contributed by atoms with Crippen molar-refractivity contribution in [1.82, 2.24) is 14.5 Å². The Morgan fingerprint density at radius 2 is 1.28 bits per heavy atom. The van der Waals surface area contributed by atoms with E-state index in [9.17, 15) is 0 Å². The van der Waals surface area contributed by atoms with Gasteiger partial charge in [-0.25, -0.2) is 9.97 Å². The van der Waals surface area contributed by atoms with Crippen LogP contribution in [0, 0.1) is 0 Å². The summed E-state index contributed by atoms with van der Waals surface area (Å²) >= 11 is 1.70. The van der Waals surface area contributed by atoms with Gasteiger partial charge in [-0.05, 0) is 17.5 Å². The summed E-state index contributed by atoms with van der Waals surface area (Å²) in [6.45, 7) is 0. The predicted molar refractivity (Wildman–Crippen MR) is 152 cm³/mol. The fraction of sp³-hybridized carbons (Fsp3) is 0. The number of aromatic nitrogens is 3. The third kappa shape index (κ3) is 2.73. The van der Waals surface area contributed by atoms with Crippen molar-refractivity contribution in [3.05, 3.63) is 115 Å². The number of fused-ring (bicyclic) bond motifs is 8. The zero-order valence-corrected chi connectivity index (χ0v) is 20.0. The fourth-order valence-corrected chi connectivity index (χ4v) is 6.42. The van der Waals surface area contributed by atoms with Gasteiger partial charge in [-0.15, -0.1) is 11.3 Å². The zero-order chi connectivity index (χ0) is 23.6. The van der Waals surface area contributed by atoms with E-state index >= 15 is 0 Å². The second kappa shape index (κ2) is 7.48. The summed E-state index contributed by atoms with van der Waals surface area (Å²) in [5.41, 5.74) is 5.21. The lowest BCUT2D eigenvalue weighted by Crippen LogP contribution is -2.03. The van der Waals surface area contributed by atoms with Crippen molar-refractivity contribution >= 4 is 64.3 Å². The zero-order valence-electron chi connectivity index (χ0n) is 19.2. The molecule has 0 aliphatic rings. The molecule has 8 aromatic rings. The van der Waals surface area contributed by atoms with E-state index in [1.165, 1.54) is 31.8 Å². The predicted octanol–water partition coefficient (Wildman–Crippen LogP) is 8.76. The molecule has 0 spiro atoms. The van der Waals surface area contributed by atoms with Crippen molar-refractivity contribution in [3.63, 3.8) is 0 Å². The molecule has 0 N–H and O–H groups in total. The second-order valence-electron chi connectivity index (χ2n) is 9.05. The highest BCUT2D eigenvalue weighted by Crippen LogP contribution is 2.40. The van der Waals surface area contributed by atoms with Gasteiger partial charge in [0.25, 0.3) is 0 Å². The lowest BCUT2D eigenvalue weighted by Gasteiger charge is -2.13. The van der Waals surface area contributed by atoms with Crippen LogP contribution < -0.4 is 0 Å². The summed E-state index contributed by atoms with van der Waals surface area (Å²) in [6.07, 6.45) is 0. The van der Waals surface area contributed by atoms with Gasteiger partial charge in [0.2, 0.25) is 0 Å². The number of para-hydroxylation sites is 1. The number of hydrogen-bond acceptors (Lipinski definition) is 3. The minimum absolute atomic E-state index is 0.864. The number of benzene rings is 5. The maximum absolute atomic E-state index is 5.36. The summed E-state index contributed by atoms with van der Waals surface area (Å²) in [5, 5.41) is 6.02. The average molecular weight is 478 g/mol. The highest BCUT2D eigenvalue weighted by atomic mass is 32.1. The van der Waals surface area contributed by atoms with Crippen LogP contribution in [0.25, 0.3) is 70.1 Å². The van der Waals surface area contributed by atoms with E-state index in [0.717, 1.165) is 38.3 Å². The van der Waals surface area contributed by atoms with E-state index in [1.807, 2.05) is 6.07 Å². The van der Waals surface area contributed by atoms with Gasteiger partial charge in [-0.3, -0.25) is 4.57 Å². The van der Waals surface area contributed by atoms with Gasteiger partial charge >= 0.3 is 0 Å². The van der Waals surface area contributed by atoms with Crippen molar-refractivity contribution in [3.8, 4) is 17.1 Å². The lowest BCUT2D eigenvalue weighted by molar-refractivity contribution is 1.09.